The van der Waals surface area contributed by atoms with Gasteiger partial charge in [0.15, 0.2) is 11.6 Å². The van der Waals surface area contributed by atoms with Gasteiger partial charge in [-0.15, -0.1) is 34.2 Å². The van der Waals surface area contributed by atoms with Crippen molar-refractivity contribution in [2.75, 3.05) is 13.1 Å². The second kappa shape index (κ2) is 12.9. The molecular formula is C19H33IN6. The summed E-state index contributed by atoms with van der Waals surface area (Å²) in [7, 11) is 0. The average Bonchev–Trinajstić information content (AvgIpc) is 3.02. The summed E-state index contributed by atoms with van der Waals surface area (Å²) in [5.41, 5.74) is 0.900. The van der Waals surface area contributed by atoms with E-state index in [1.807, 2.05) is 28.8 Å². The van der Waals surface area contributed by atoms with Gasteiger partial charge >= 0.3 is 0 Å². The fourth-order valence-electron chi connectivity index (χ4n) is 2.82. The molecule has 6 nitrogen and oxygen atoms in total. The SMILES string of the molecule is CCCCCC(C)NC(=NCCCc1nnc2ccccn12)NCC.I. The molecule has 0 aliphatic carbocycles. The van der Waals surface area contributed by atoms with Gasteiger partial charge < -0.3 is 10.6 Å². The van der Waals surface area contributed by atoms with E-state index in [0.29, 0.717) is 6.04 Å². The normalized spacial score (nSPS) is 12.7. The number of fused-ring (bicyclic) bond motifs is 1. The Hall–Kier alpha value is -1.38. The Morgan fingerprint density at radius 2 is 2.04 bits per heavy atom. The molecule has 0 bridgehead atoms. The van der Waals surface area contributed by atoms with Crippen molar-refractivity contribution < 1.29 is 0 Å². The van der Waals surface area contributed by atoms with Crippen LogP contribution in [0.15, 0.2) is 29.4 Å². The lowest BCUT2D eigenvalue weighted by Crippen LogP contribution is -2.42. The van der Waals surface area contributed by atoms with Crippen LogP contribution in [-0.4, -0.2) is 39.7 Å². The van der Waals surface area contributed by atoms with Crippen molar-refractivity contribution in [1.82, 2.24) is 25.2 Å². The van der Waals surface area contributed by atoms with Crippen LogP contribution in [0.5, 0.6) is 0 Å². The molecular weight excluding hydrogens is 439 g/mol. The molecule has 0 saturated carbocycles. The van der Waals surface area contributed by atoms with Gasteiger partial charge in [0, 0.05) is 31.7 Å². The Morgan fingerprint density at radius 3 is 2.81 bits per heavy atom. The fraction of sp³-hybridized carbons (Fsp3) is 0.632. The third-order valence-electron chi connectivity index (χ3n) is 4.18. The van der Waals surface area contributed by atoms with Crippen LogP contribution in [0.3, 0.4) is 0 Å². The number of nitrogens with zero attached hydrogens (tertiary/aromatic N) is 4. The molecule has 0 saturated heterocycles. The van der Waals surface area contributed by atoms with Gasteiger partial charge in [0.1, 0.15) is 5.82 Å². The van der Waals surface area contributed by atoms with Crippen molar-refractivity contribution in [2.45, 2.75) is 65.3 Å². The molecule has 0 aromatic carbocycles. The number of rotatable bonds is 10. The topological polar surface area (TPSA) is 66.6 Å². The van der Waals surface area contributed by atoms with Crippen molar-refractivity contribution in [3.05, 3.63) is 30.2 Å². The van der Waals surface area contributed by atoms with Gasteiger partial charge in [-0.1, -0.05) is 32.3 Å². The number of aryl methyl sites for hydroxylation is 1. The minimum Gasteiger partial charge on any atom is -0.357 e. The molecule has 2 aromatic rings. The molecule has 0 radical (unpaired) electrons. The van der Waals surface area contributed by atoms with E-state index in [2.05, 4.69) is 41.6 Å². The van der Waals surface area contributed by atoms with Crippen molar-refractivity contribution in [2.24, 2.45) is 4.99 Å². The van der Waals surface area contributed by atoms with Gasteiger partial charge in [-0.25, -0.2) is 0 Å². The predicted octanol–water partition coefficient (Wildman–Crippen LogP) is 3.80. The number of unbranched alkanes of at least 4 members (excludes halogenated alkanes) is 2. The van der Waals surface area contributed by atoms with Gasteiger partial charge in [0.2, 0.25) is 0 Å². The van der Waals surface area contributed by atoms with E-state index in [9.17, 15) is 0 Å². The second-order valence-electron chi connectivity index (χ2n) is 6.45. The van der Waals surface area contributed by atoms with E-state index in [-0.39, 0.29) is 24.0 Å². The van der Waals surface area contributed by atoms with Gasteiger partial charge in [0.25, 0.3) is 0 Å². The molecule has 1 unspecified atom stereocenters. The van der Waals surface area contributed by atoms with E-state index < -0.39 is 0 Å². The molecule has 2 heterocycles. The molecule has 0 aliphatic rings. The largest absolute Gasteiger partial charge is 0.357 e. The zero-order valence-corrected chi connectivity index (χ0v) is 18.6. The third kappa shape index (κ3) is 7.47. The first-order valence-corrected chi connectivity index (χ1v) is 9.58. The van der Waals surface area contributed by atoms with Gasteiger partial charge in [-0.05, 0) is 38.8 Å². The lowest BCUT2D eigenvalue weighted by Gasteiger charge is -2.17. The van der Waals surface area contributed by atoms with Gasteiger partial charge in [-0.3, -0.25) is 9.39 Å². The molecule has 0 aliphatic heterocycles. The molecule has 146 valence electrons. The first-order chi connectivity index (χ1) is 12.2. The van der Waals surface area contributed by atoms with Crippen LogP contribution in [0.2, 0.25) is 0 Å². The highest BCUT2D eigenvalue weighted by Gasteiger charge is 2.06. The number of guanidine groups is 1. The van der Waals surface area contributed by atoms with E-state index in [0.717, 1.165) is 43.4 Å². The molecule has 0 spiro atoms. The summed E-state index contributed by atoms with van der Waals surface area (Å²) in [6.07, 6.45) is 8.85. The third-order valence-corrected chi connectivity index (χ3v) is 4.18. The number of aromatic nitrogens is 3. The maximum absolute atomic E-state index is 4.70. The molecule has 1 atom stereocenters. The minimum atomic E-state index is 0. The number of aliphatic imine (C=N–C) groups is 1. The zero-order chi connectivity index (χ0) is 17.9. The Kier molecular flexibility index (Phi) is 11.2. The number of nitrogens with one attached hydrogen (secondary N) is 2. The summed E-state index contributed by atoms with van der Waals surface area (Å²) < 4.78 is 2.04. The van der Waals surface area contributed by atoms with Crippen molar-refractivity contribution in [1.29, 1.82) is 0 Å². The van der Waals surface area contributed by atoms with Crippen molar-refractivity contribution in [3.8, 4) is 0 Å². The quantitative estimate of drug-likeness (QED) is 0.239. The Morgan fingerprint density at radius 1 is 1.19 bits per heavy atom. The smallest absolute Gasteiger partial charge is 0.191 e. The standard InChI is InChI=1S/C19H32N6.HI/c1-4-6-7-11-16(3)22-19(20-5-2)21-14-10-13-18-24-23-17-12-8-9-15-25(17)18;/h8-9,12,15-16H,4-7,10-11,13-14H2,1-3H3,(H2,20,21,22);1H. The molecule has 2 rings (SSSR count). The monoisotopic (exact) mass is 472 g/mol. The highest BCUT2D eigenvalue weighted by molar-refractivity contribution is 14.0. The van der Waals surface area contributed by atoms with Gasteiger partial charge in [0.05, 0.1) is 0 Å². The molecule has 2 aromatic heterocycles. The highest BCUT2D eigenvalue weighted by Crippen LogP contribution is 2.05. The van der Waals surface area contributed by atoms with E-state index in [1.165, 1.54) is 25.7 Å². The Bertz CT molecular complexity index is 654. The first-order valence-electron chi connectivity index (χ1n) is 9.58. The number of halogens is 1. The maximum Gasteiger partial charge on any atom is 0.191 e. The van der Waals surface area contributed by atoms with E-state index in [4.69, 9.17) is 4.99 Å². The molecule has 7 heteroatoms. The lowest BCUT2D eigenvalue weighted by molar-refractivity contribution is 0.546. The lowest BCUT2D eigenvalue weighted by atomic mass is 10.1. The Labute approximate surface area is 174 Å². The van der Waals surface area contributed by atoms with Gasteiger partial charge in [-0.2, -0.15) is 0 Å². The summed E-state index contributed by atoms with van der Waals surface area (Å²) >= 11 is 0. The zero-order valence-electron chi connectivity index (χ0n) is 16.2. The predicted molar refractivity (Wildman–Crippen MR) is 119 cm³/mol. The van der Waals surface area contributed by atoms with E-state index >= 15 is 0 Å². The molecule has 2 N–H and O–H groups in total. The van der Waals surface area contributed by atoms with E-state index in [1.54, 1.807) is 0 Å². The molecule has 0 amide bonds. The van der Waals surface area contributed by atoms with Crippen LogP contribution in [0.4, 0.5) is 0 Å². The van der Waals surface area contributed by atoms with Crippen molar-refractivity contribution >= 4 is 35.6 Å². The number of hydrogen-bond acceptors (Lipinski definition) is 3. The maximum atomic E-state index is 4.70. The summed E-state index contributed by atoms with van der Waals surface area (Å²) in [5.74, 6) is 1.91. The highest BCUT2D eigenvalue weighted by atomic mass is 127. The number of hydrogen-bond donors (Lipinski definition) is 2. The first kappa shape index (κ1) is 22.7. The summed E-state index contributed by atoms with van der Waals surface area (Å²) in [6.45, 7) is 8.22. The van der Waals surface area contributed by atoms with Crippen molar-refractivity contribution in [3.63, 3.8) is 0 Å². The van der Waals surface area contributed by atoms with Crippen LogP contribution in [0.25, 0.3) is 5.65 Å². The minimum absolute atomic E-state index is 0. The van der Waals surface area contributed by atoms with Crippen LogP contribution in [-0.2, 0) is 6.42 Å². The van der Waals surface area contributed by atoms with Crippen LogP contribution < -0.4 is 10.6 Å². The molecule has 0 fully saturated rings. The number of pyridine rings is 1. The Balaban J connectivity index is 0.00000338. The summed E-state index contributed by atoms with van der Waals surface area (Å²) in [4.78, 5) is 4.70. The van der Waals surface area contributed by atoms with Crippen LogP contribution >= 0.6 is 24.0 Å². The van der Waals surface area contributed by atoms with Crippen LogP contribution in [0, 0.1) is 0 Å². The fourth-order valence-corrected chi connectivity index (χ4v) is 2.82. The molecule has 26 heavy (non-hydrogen) atoms. The average molecular weight is 472 g/mol. The second-order valence-corrected chi connectivity index (χ2v) is 6.45. The van der Waals surface area contributed by atoms with Crippen LogP contribution in [0.1, 0.15) is 58.7 Å². The summed E-state index contributed by atoms with van der Waals surface area (Å²) in [5, 5.41) is 15.3. The summed E-state index contributed by atoms with van der Waals surface area (Å²) in [6, 6.07) is 6.41.